The fourth-order valence-electron chi connectivity index (χ4n) is 2.51. The summed E-state index contributed by atoms with van der Waals surface area (Å²) in [5.74, 6) is 0.588. The second-order valence-corrected chi connectivity index (χ2v) is 7.15. The molecule has 0 bridgehead atoms. The van der Waals surface area contributed by atoms with Gasteiger partial charge in [0.05, 0.1) is 11.6 Å². The monoisotopic (exact) mass is 394 g/mol. The third kappa shape index (κ3) is 6.87. The summed E-state index contributed by atoms with van der Waals surface area (Å²) >= 11 is 11.9. The molecule has 4 nitrogen and oxygen atoms in total. The van der Waals surface area contributed by atoms with Crippen LogP contribution in [0.1, 0.15) is 24.0 Å². The smallest absolute Gasteiger partial charge is 0.220 e. The number of hydrogen-bond acceptors (Lipinski definition) is 3. The molecule has 0 unspecified atom stereocenters. The van der Waals surface area contributed by atoms with Crippen molar-refractivity contribution in [2.75, 3.05) is 20.7 Å². The van der Waals surface area contributed by atoms with Crippen molar-refractivity contribution in [1.29, 1.82) is 0 Å². The van der Waals surface area contributed by atoms with Crippen LogP contribution < -0.4 is 10.1 Å². The van der Waals surface area contributed by atoms with E-state index in [1.54, 1.807) is 18.2 Å². The number of hydrogen-bond donors (Lipinski definition) is 1. The molecular weight excluding hydrogens is 371 g/mol. The van der Waals surface area contributed by atoms with Crippen LogP contribution in [0.25, 0.3) is 0 Å². The van der Waals surface area contributed by atoms with Crippen LogP contribution in [-0.4, -0.2) is 31.5 Å². The predicted octanol–water partition coefficient (Wildman–Crippen LogP) is 4.53. The summed E-state index contributed by atoms with van der Waals surface area (Å²) in [6, 6.07) is 13.2. The molecule has 0 saturated carbocycles. The van der Waals surface area contributed by atoms with Gasteiger partial charge in [0.25, 0.3) is 0 Å². The number of carbonyl (C=O) groups is 1. The van der Waals surface area contributed by atoms with Gasteiger partial charge in [-0.05, 0) is 49.8 Å². The van der Waals surface area contributed by atoms with Crippen molar-refractivity contribution in [2.24, 2.45) is 0 Å². The first kappa shape index (κ1) is 20.6. The molecule has 140 valence electrons. The van der Waals surface area contributed by atoms with Gasteiger partial charge in [0.15, 0.2) is 0 Å². The molecule has 0 spiro atoms. The maximum absolute atomic E-state index is 12.1. The van der Waals surface area contributed by atoms with E-state index in [1.807, 2.05) is 32.3 Å². The van der Waals surface area contributed by atoms with Crippen LogP contribution in [0.15, 0.2) is 42.5 Å². The second-order valence-electron chi connectivity index (χ2n) is 6.31. The summed E-state index contributed by atoms with van der Waals surface area (Å²) in [7, 11) is 4.06. The molecule has 0 radical (unpaired) electrons. The van der Waals surface area contributed by atoms with Crippen molar-refractivity contribution in [3.63, 3.8) is 0 Å². The summed E-state index contributed by atoms with van der Waals surface area (Å²) in [4.78, 5) is 14.2. The van der Waals surface area contributed by atoms with Crippen LogP contribution in [0, 0.1) is 0 Å². The molecular formula is C20H24Cl2N2O2. The normalized spacial score (nSPS) is 10.8. The molecule has 1 N–H and O–H groups in total. The van der Waals surface area contributed by atoms with Gasteiger partial charge in [-0.15, -0.1) is 0 Å². The molecule has 0 aliphatic carbocycles. The average molecular weight is 395 g/mol. The first-order chi connectivity index (χ1) is 12.5. The van der Waals surface area contributed by atoms with Crippen molar-refractivity contribution in [1.82, 2.24) is 10.2 Å². The van der Waals surface area contributed by atoms with E-state index in [4.69, 9.17) is 27.9 Å². The molecule has 0 atom stereocenters. The molecule has 2 aromatic carbocycles. The zero-order chi connectivity index (χ0) is 18.9. The van der Waals surface area contributed by atoms with Gasteiger partial charge < -0.3 is 15.0 Å². The molecule has 0 aromatic heterocycles. The molecule has 2 rings (SSSR count). The van der Waals surface area contributed by atoms with Gasteiger partial charge in [0.2, 0.25) is 5.91 Å². The Balaban J connectivity index is 1.72. The maximum Gasteiger partial charge on any atom is 0.220 e. The van der Waals surface area contributed by atoms with Crippen LogP contribution in [0.4, 0.5) is 0 Å². The summed E-state index contributed by atoms with van der Waals surface area (Å²) in [5.41, 5.74) is 2.36. The first-order valence-corrected chi connectivity index (χ1v) is 9.27. The van der Waals surface area contributed by atoms with Crippen molar-refractivity contribution in [3.05, 3.63) is 63.6 Å². The molecule has 26 heavy (non-hydrogen) atoms. The van der Waals surface area contributed by atoms with Crippen molar-refractivity contribution in [2.45, 2.75) is 25.9 Å². The lowest BCUT2D eigenvalue weighted by atomic mass is 10.1. The fraction of sp³-hybridized carbons (Fsp3) is 0.350. The van der Waals surface area contributed by atoms with E-state index in [1.165, 1.54) is 5.56 Å². The third-order valence-electron chi connectivity index (χ3n) is 3.78. The van der Waals surface area contributed by atoms with E-state index in [0.717, 1.165) is 12.1 Å². The van der Waals surface area contributed by atoms with E-state index < -0.39 is 0 Å². The number of benzene rings is 2. The number of nitrogens with zero attached hydrogens (tertiary/aromatic N) is 1. The van der Waals surface area contributed by atoms with E-state index in [9.17, 15) is 4.79 Å². The molecule has 0 saturated heterocycles. The number of carbonyl (C=O) groups excluding carboxylic acids is 1. The number of rotatable bonds is 9. The SMILES string of the molecule is CN(C)Cc1ccccc1CNC(=O)CCCOc1ccc(Cl)cc1Cl. The lowest BCUT2D eigenvalue weighted by Crippen LogP contribution is -2.24. The van der Waals surface area contributed by atoms with Gasteiger partial charge in [-0.3, -0.25) is 4.79 Å². The van der Waals surface area contributed by atoms with E-state index in [0.29, 0.717) is 41.8 Å². The second kappa shape index (κ2) is 10.4. The van der Waals surface area contributed by atoms with Gasteiger partial charge in [-0.2, -0.15) is 0 Å². The Morgan fingerprint density at radius 2 is 1.85 bits per heavy atom. The highest BCUT2D eigenvalue weighted by Crippen LogP contribution is 2.27. The van der Waals surface area contributed by atoms with Gasteiger partial charge >= 0.3 is 0 Å². The van der Waals surface area contributed by atoms with Crippen molar-refractivity contribution < 1.29 is 9.53 Å². The Bertz CT molecular complexity index is 736. The van der Waals surface area contributed by atoms with Crippen LogP contribution >= 0.6 is 23.2 Å². The molecule has 6 heteroatoms. The minimum Gasteiger partial charge on any atom is -0.492 e. The van der Waals surface area contributed by atoms with E-state index in [-0.39, 0.29) is 5.91 Å². The van der Waals surface area contributed by atoms with Crippen LogP contribution in [-0.2, 0) is 17.9 Å². The number of halogens is 2. The van der Waals surface area contributed by atoms with Gasteiger partial charge in [-0.1, -0.05) is 47.5 Å². The summed E-state index contributed by atoms with van der Waals surface area (Å²) in [6.07, 6.45) is 1.02. The average Bonchev–Trinajstić information content (AvgIpc) is 2.59. The van der Waals surface area contributed by atoms with Crippen molar-refractivity contribution in [3.8, 4) is 5.75 Å². The summed E-state index contributed by atoms with van der Waals surface area (Å²) in [6.45, 7) is 1.81. The Morgan fingerprint density at radius 1 is 1.12 bits per heavy atom. The first-order valence-electron chi connectivity index (χ1n) is 8.52. The van der Waals surface area contributed by atoms with E-state index in [2.05, 4.69) is 16.3 Å². The molecule has 1 amide bonds. The standard InChI is InChI=1S/C20H24Cl2N2O2/c1-24(2)14-16-7-4-3-6-15(16)13-23-20(25)8-5-11-26-19-10-9-17(21)12-18(19)22/h3-4,6-7,9-10,12H,5,8,11,13-14H2,1-2H3,(H,23,25). The molecule has 0 aliphatic heterocycles. The quantitative estimate of drug-likeness (QED) is 0.635. The lowest BCUT2D eigenvalue weighted by Gasteiger charge is -2.14. The minimum atomic E-state index is 0.00968. The summed E-state index contributed by atoms with van der Waals surface area (Å²) < 4.78 is 5.59. The zero-order valence-electron chi connectivity index (χ0n) is 15.1. The Hall–Kier alpha value is -1.75. The maximum atomic E-state index is 12.1. The molecule has 0 aliphatic rings. The van der Waals surface area contributed by atoms with Crippen LogP contribution in [0.3, 0.4) is 0 Å². The highest BCUT2D eigenvalue weighted by molar-refractivity contribution is 6.35. The number of ether oxygens (including phenoxy) is 1. The largest absolute Gasteiger partial charge is 0.492 e. The minimum absolute atomic E-state index is 0.00968. The molecule has 0 heterocycles. The third-order valence-corrected chi connectivity index (χ3v) is 4.31. The van der Waals surface area contributed by atoms with Crippen molar-refractivity contribution >= 4 is 29.1 Å². The Morgan fingerprint density at radius 3 is 2.54 bits per heavy atom. The molecule has 0 fully saturated rings. The topological polar surface area (TPSA) is 41.6 Å². The van der Waals surface area contributed by atoms with Gasteiger partial charge in [0, 0.05) is 24.5 Å². The lowest BCUT2D eigenvalue weighted by molar-refractivity contribution is -0.121. The molecule has 2 aromatic rings. The summed E-state index contributed by atoms with van der Waals surface area (Å²) in [5, 5.41) is 4.01. The highest BCUT2D eigenvalue weighted by Gasteiger charge is 2.07. The predicted molar refractivity (Wildman–Crippen MR) is 107 cm³/mol. The number of amides is 1. The van der Waals surface area contributed by atoms with Gasteiger partial charge in [-0.25, -0.2) is 0 Å². The Kier molecular flexibility index (Phi) is 8.23. The van der Waals surface area contributed by atoms with E-state index >= 15 is 0 Å². The fourth-order valence-corrected chi connectivity index (χ4v) is 2.98. The van der Waals surface area contributed by atoms with Crippen LogP contribution in [0.2, 0.25) is 10.0 Å². The zero-order valence-corrected chi connectivity index (χ0v) is 16.6. The van der Waals surface area contributed by atoms with Gasteiger partial charge in [0.1, 0.15) is 5.75 Å². The Labute approximate surface area is 165 Å². The number of nitrogens with one attached hydrogen (secondary N) is 1. The highest BCUT2D eigenvalue weighted by atomic mass is 35.5. The van der Waals surface area contributed by atoms with Crippen LogP contribution in [0.5, 0.6) is 5.75 Å².